The maximum Gasteiger partial charge on any atom is 0.306 e. The monoisotopic (exact) mass is 260 g/mol. The lowest BCUT2D eigenvalue weighted by atomic mass is 9.86. The zero-order valence-electron chi connectivity index (χ0n) is 11.6. The molecular formula is C15H20N2O2. The molecule has 2 rings (SSSR count). The number of nitrogens with zero attached hydrogens (tertiary/aromatic N) is 2. The summed E-state index contributed by atoms with van der Waals surface area (Å²) in [5, 5.41) is 0. The first-order valence-corrected chi connectivity index (χ1v) is 6.83. The van der Waals surface area contributed by atoms with E-state index in [0.29, 0.717) is 18.9 Å². The molecule has 0 fully saturated rings. The predicted octanol–water partition coefficient (Wildman–Crippen LogP) is 2.92. The van der Waals surface area contributed by atoms with Gasteiger partial charge in [-0.15, -0.1) is 0 Å². The van der Waals surface area contributed by atoms with Gasteiger partial charge in [0.25, 0.3) is 0 Å². The summed E-state index contributed by atoms with van der Waals surface area (Å²) >= 11 is 0. The number of carbonyl (C=O) groups excluding carboxylic acids is 1. The van der Waals surface area contributed by atoms with Gasteiger partial charge in [-0.1, -0.05) is 6.08 Å². The van der Waals surface area contributed by atoms with Gasteiger partial charge in [0.15, 0.2) is 0 Å². The Balaban J connectivity index is 1.94. The van der Waals surface area contributed by atoms with Crippen LogP contribution in [0.15, 0.2) is 18.3 Å². The van der Waals surface area contributed by atoms with Crippen LogP contribution >= 0.6 is 0 Å². The Bertz CT molecular complexity index is 483. The van der Waals surface area contributed by atoms with E-state index in [1.165, 1.54) is 5.57 Å². The van der Waals surface area contributed by atoms with E-state index in [1.54, 1.807) is 6.20 Å². The molecule has 1 aliphatic carbocycles. The predicted molar refractivity (Wildman–Crippen MR) is 73.3 cm³/mol. The van der Waals surface area contributed by atoms with Gasteiger partial charge >= 0.3 is 5.97 Å². The molecule has 0 spiro atoms. The number of aryl methyl sites for hydroxylation is 1. The van der Waals surface area contributed by atoms with Crippen molar-refractivity contribution < 1.29 is 9.53 Å². The van der Waals surface area contributed by atoms with Crippen LogP contribution in [0.4, 0.5) is 0 Å². The number of ether oxygens (including phenoxy) is 1. The Morgan fingerprint density at radius 3 is 3.00 bits per heavy atom. The fourth-order valence-electron chi connectivity index (χ4n) is 2.40. The molecule has 1 aliphatic rings. The lowest BCUT2D eigenvalue weighted by Crippen LogP contribution is -2.14. The Morgan fingerprint density at radius 1 is 1.53 bits per heavy atom. The summed E-state index contributed by atoms with van der Waals surface area (Å²) in [5.41, 5.74) is 2.28. The smallest absolute Gasteiger partial charge is 0.306 e. The van der Waals surface area contributed by atoms with E-state index in [0.717, 1.165) is 30.8 Å². The van der Waals surface area contributed by atoms with Crippen molar-refractivity contribution in [2.24, 2.45) is 5.92 Å². The summed E-state index contributed by atoms with van der Waals surface area (Å²) in [4.78, 5) is 20.0. The Labute approximate surface area is 113 Å². The van der Waals surface area contributed by atoms with Crippen molar-refractivity contribution in [3.8, 4) is 0 Å². The Kier molecular flexibility index (Phi) is 4.66. The van der Waals surface area contributed by atoms with E-state index in [9.17, 15) is 4.79 Å². The van der Waals surface area contributed by atoms with Gasteiger partial charge in [-0.2, -0.15) is 0 Å². The quantitative estimate of drug-likeness (QED) is 0.781. The third-order valence-corrected chi connectivity index (χ3v) is 3.39. The summed E-state index contributed by atoms with van der Waals surface area (Å²) in [7, 11) is 0. The van der Waals surface area contributed by atoms with Crippen molar-refractivity contribution in [3.63, 3.8) is 0 Å². The molecule has 102 valence electrons. The topological polar surface area (TPSA) is 52.1 Å². The van der Waals surface area contributed by atoms with Crippen LogP contribution in [-0.2, 0) is 9.53 Å². The number of rotatable bonds is 4. The second kappa shape index (κ2) is 6.45. The number of carbonyl (C=O) groups is 1. The van der Waals surface area contributed by atoms with E-state index in [1.807, 2.05) is 19.9 Å². The molecule has 0 saturated heterocycles. The van der Waals surface area contributed by atoms with Gasteiger partial charge in [0.1, 0.15) is 5.82 Å². The molecule has 0 saturated carbocycles. The van der Waals surface area contributed by atoms with Crippen molar-refractivity contribution in [3.05, 3.63) is 29.9 Å². The number of allylic oxidation sites excluding steroid dienone is 2. The van der Waals surface area contributed by atoms with Crippen molar-refractivity contribution in [2.75, 3.05) is 6.61 Å². The highest BCUT2D eigenvalue weighted by atomic mass is 16.5. The molecule has 4 nitrogen and oxygen atoms in total. The maximum absolute atomic E-state index is 11.4. The van der Waals surface area contributed by atoms with Crippen molar-refractivity contribution in [1.29, 1.82) is 0 Å². The van der Waals surface area contributed by atoms with E-state index in [-0.39, 0.29) is 5.97 Å². The lowest BCUT2D eigenvalue weighted by molar-refractivity contribution is -0.144. The highest BCUT2D eigenvalue weighted by molar-refractivity contribution is 5.70. The Morgan fingerprint density at radius 2 is 2.37 bits per heavy atom. The maximum atomic E-state index is 11.4. The summed E-state index contributed by atoms with van der Waals surface area (Å²) in [6, 6.07) is 1.95. The molecule has 1 atom stereocenters. The Hall–Kier alpha value is -1.71. The number of hydrogen-bond acceptors (Lipinski definition) is 4. The first-order valence-electron chi connectivity index (χ1n) is 6.83. The van der Waals surface area contributed by atoms with Crippen LogP contribution < -0.4 is 0 Å². The van der Waals surface area contributed by atoms with Gasteiger partial charge in [0, 0.05) is 12.6 Å². The molecule has 0 aromatic carbocycles. The molecule has 4 heteroatoms. The first kappa shape index (κ1) is 13.7. The largest absolute Gasteiger partial charge is 0.466 e. The number of aromatic nitrogens is 2. The molecular weight excluding hydrogens is 240 g/mol. The normalized spacial score (nSPS) is 18.8. The van der Waals surface area contributed by atoms with E-state index < -0.39 is 0 Å². The molecule has 1 heterocycles. The fraction of sp³-hybridized carbons (Fsp3) is 0.533. The van der Waals surface area contributed by atoms with Gasteiger partial charge in [-0.3, -0.25) is 4.79 Å². The summed E-state index contributed by atoms with van der Waals surface area (Å²) < 4.78 is 4.99. The van der Waals surface area contributed by atoms with Crippen LogP contribution in [0.5, 0.6) is 0 Å². The average molecular weight is 260 g/mol. The van der Waals surface area contributed by atoms with E-state index >= 15 is 0 Å². The minimum atomic E-state index is -0.0813. The van der Waals surface area contributed by atoms with Crippen LogP contribution in [0.2, 0.25) is 0 Å². The molecule has 0 radical (unpaired) electrons. The summed E-state index contributed by atoms with van der Waals surface area (Å²) in [5.74, 6) is 1.13. The third-order valence-electron chi connectivity index (χ3n) is 3.39. The highest BCUT2D eigenvalue weighted by Gasteiger charge is 2.19. The minimum absolute atomic E-state index is 0.0813. The molecule has 0 amide bonds. The average Bonchev–Trinajstić information content (AvgIpc) is 2.40. The van der Waals surface area contributed by atoms with Gasteiger partial charge < -0.3 is 4.74 Å². The minimum Gasteiger partial charge on any atom is -0.466 e. The van der Waals surface area contributed by atoms with Crippen LogP contribution in [0.3, 0.4) is 0 Å². The van der Waals surface area contributed by atoms with Gasteiger partial charge in [0.05, 0.1) is 12.3 Å². The van der Waals surface area contributed by atoms with Crippen LogP contribution in [0, 0.1) is 12.8 Å². The van der Waals surface area contributed by atoms with Crippen molar-refractivity contribution in [2.45, 2.75) is 39.5 Å². The molecule has 0 aliphatic heterocycles. The zero-order chi connectivity index (χ0) is 13.7. The number of hydrogen-bond donors (Lipinski definition) is 0. The van der Waals surface area contributed by atoms with Gasteiger partial charge in [0.2, 0.25) is 0 Å². The fourth-order valence-corrected chi connectivity index (χ4v) is 2.40. The second-order valence-corrected chi connectivity index (χ2v) is 4.87. The zero-order valence-corrected chi connectivity index (χ0v) is 11.6. The van der Waals surface area contributed by atoms with Crippen LogP contribution in [0.25, 0.3) is 5.57 Å². The summed E-state index contributed by atoms with van der Waals surface area (Å²) in [6.45, 7) is 4.21. The molecule has 1 aromatic heterocycles. The lowest BCUT2D eigenvalue weighted by Gasteiger charge is -2.20. The van der Waals surface area contributed by atoms with Gasteiger partial charge in [-0.25, -0.2) is 9.97 Å². The summed E-state index contributed by atoms with van der Waals surface area (Å²) in [6.07, 6.45) is 7.45. The molecule has 1 aromatic rings. The standard InChI is InChI=1S/C15H20N2O2/c1-3-19-15(18)10-12-4-6-13(7-5-12)14-8-9-16-11(2)17-14/h6,8-9,12H,3-5,7,10H2,1-2H3. The molecule has 0 N–H and O–H groups in total. The van der Waals surface area contributed by atoms with Gasteiger partial charge in [-0.05, 0) is 50.7 Å². The van der Waals surface area contributed by atoms with Crippen LogP contribution in [-0.4, -0.2) is 22.5 Å². The SMILES string of the molecule is CCOC(=O)CC1CC=C(c2ccnc(C)n2)CC1. The molecule has 0 bridgehead atoms. The molecule has 19 heavy (non-hydrogen) atoms. The van der Waals surface area contributed by atoms with Crippen LogP contribution in [0.1, 0.15) is 44.1 Å². The van der Waals surface area contributed by atoms with E-state index in [2.05, 4.69) is 16.0 Å². The first-order chi connectivity index (χ1) is 9.19. The highest BCUT2D eigenvalue weighted by Crippen LogP contribution is 2.31. The second-order valence-electron chi connectivity index (χ2n) is 4.87. The number of esters is 1. The van der Waals surface area contributed by atoms with E-state index in [4.69, 9.17) is 4.74 Å². The third kappa shape index (κ3) is 3.88. The van der Waals surface area contributed by atoms with Crippen molar-refractivity contribution >= 4 is 11.5 Å². The van der Waals surface area contributed by atoms with Crippen molar-refractivity contribution in [1.82, 2.24) is 9.97 Å². The molecule has 1 unspecified atom stereocenters.